The molecule has 0 bridgehead atoms. The number of benzene rings is 1. The molecule has 4 N–H and O–H groups in total. The zero-order valence-corrected chi connectivity index (χ0v) is 16.3. The molecule has 5 rings (SSSR count). The van der Waals surface area contributed by atoms with Crippen LogP contribution in [0.25, 0.3) is 0 Å². The maximum absolute atomic E-state index is 14.1. The Balaban J connectivity index is 1.63. The topological polar surface area (TPSA) is 122 Å². The third kappa shape index (κ3) is 2.47. The van der Waals surface area contributed by atoms with Gasteiger partial charge in [0.05, 0.1) is 11.8 Å². The van der Waals surface area contributed by atoms with Gasteiger partial charge in [0.2, 0.25) is 23.6 Å². The van der Waals surface area contributed by atoms with Crippen molar-refractivity contribution in [3.8, 4) is 0 Å². The second-order valence-electron chi connectivity index (χ2n) is 8.72. The minimum atomic E-state index is -1.60. The molecule has 1 aromatic rings. The lowest BCUT2D eigenvalue weighted by Gasteiger charge is -2.33. The van der Waals surface area contributed by atoms with Gasteiger partial charge in [-0.05, 0) is 31.0 Å². The van der Waals surface area contributed by atoms with Crippen LogP contribution >= 0.6 is 0 Å². The first-order valence-electron chi connectivity index (χ1n) is 10.4. The number of rotatable bonds is 3. The Labute approximate surface area is 172 Å². The molecule has 1 saturated carbocycles. The fourth-order valence-corrected chi connectivity index (χ4v) is 5.89. The van der Waals surface area contributed by atoms with Crippen LogP contribution in [0.4, 0.5) is 10.1 Å². The molecule has 158 valence electrons. The number of nitrogens with one attached hydrogen (secondary N) is 2. The molecule has 4 aliphatic rings. The van der Waals surface area contributed by atoms with Crippen LogP contribution in [-0.4, -0.2) is 40.6 Å². The van der Waals surface area contributed by atoms with E-state index in [1.54, 1.807) is 0 Å². The molecule has 30 heavy (non-hydrogen) atoms. The molecular weight excluding hydrogens is 391 g/mol. The second kappa shape index (κ2) is 6.60. The number of hydrogen-bond acceptors (Lipinski definition) is 5. The van der Waals surface area contributed by atoms with Gasteiger partial charge in [0.25, 0.3) is 0 Å². The molecule has 3 fully saturated rings. The second-order valence-corrected chi connectivity index (χ2v) is 8.72. The number of nitrogens with two attached hydrogens (primary N) is 1. The summed E-state index contributed by atoms with van der Waals surface area (Å²) in [6, 6.07) is 2.90. The summed E-state index contributed by atoms with van der Waals surface area (Å²) in [5, 5.41) is 5.78. The van der Waals surface area contributed by atoms with Gasteiger partial charge in [-0.1, -0.05) is 19.3 Å². The molecule has 1 aliphatic carbocycles. The van der Waals surface area contributed by atoms with Gasteiger partial charge in [-0.25, -0.2) is 4.39 Å². The summed E-state index contributed by atoms with van der Waals surface area (Å²) < 4.78 is 14.1. The minimum absolute atomic E-state index is 0.196. The lowest BCUT2D eigenvalue weighted by molar-refractivity contribution is -0.146. The summed E-state index contributed by atoms with van der Waals surface area (Å²) in [6.45, 7) is 0. The van der Waals surface area contributed by atoms with Crippen molar-refractivity contribution in [2.75, 3.05) is 5.32 Å². The van der Waals surface area contributed by atoms with E-state index in [4.69, 9.17) is 5.73 Å². The van der Waals surface area contributed by atoms with Crippen molar-refractivity contribution in [1.29, 1.82) is 0 Å². The van der Waals surface area contributed by atoms with Gasteiger partial charge in [-0.15, -0.1) is 0 Å². The van der Waals surface area contributed by atoms with Crippen LogP contribution < -0.4 is 16.4 Å². The van der Waals surface area contributed by atoms with E-state index in [0.717, 1.165) is 32.1 Å². The smallest absolute Gasteiger partial charge is 0.250 e. The van der Waals surface area contributed by atoms with Gasteiger partial charge in [-0.2, -0.15) is 0 Å². The van der Waals surface area contributed by atoms with Crippen LogP contribution in [0.2, 0.25) is 0 Å². The number of imide groups is 1. The monoisotopic (exact) mass is 414 g/mol. The highest BCUT2D eigenvalue weighted by Gasteiger charge is 2.71. The largest absolute Gasteiger partial charge is 0.370 e. The lowest BCUT2D eigenvalue weighted by atomic mass is 9.76. The average Bonchev–Trinajstić information content (AvgIpc) is 3.27. The molecule has 0 unspecified atom stereocenters. The van der Waals surface area contributed by atoms with E-state index in [1.165, 1.54) is 23.1 Å². The maximum Gasteiger partial charge on any atom is 0.250 e. The number of anilines is 1. The first-order chi connectivity index (χ1) is 14.3. The average molecular weight is 414 g/mol. The third-order valence-electron chi connectivity index (χ3n) is 7.07. The predicted molar refractivity (Wildman–Crippen MR) is 103 cm³/mol. The van der Waals surface area contributed by atoms with Crippen LogP contribution in [0.3, 0.4) is 0 Å². The zero-order valence-electron chi connectivity index (χ0n) is 16.3. The number of amides is 4. The van der Waals surface area contributed by atoms with Gasteiger partial charge >= 0.3 is 0 Å². The van der Waals surface area contributed by atoms with E-state index in [2.05, 4.69) is 10.6 Å². The van der Waals surface area contributed by atoms with E-state index < -0.39 is 47.0 Å². The summed E-state index contributed by atoms with van der Waals surface area (Å²) in [4.78, 5) is 53.2. The number of carbonyl (C=O) groups excluding carboxylic acids is 4. The van der Waals surface area contributed by atoms with E-state index in [9.17, 15) is 23.6 Å². The Bertz CT molecular complexity index is 976. The summed E-state index contributed by atoms with van der Waals surface area (Å²) >= 11 is 0. The molecule has 1 aromatic carbocycles. The maximum atomic E-state index is 14.1. The summed E-state index contributed by atoms with van der Waals surface area (Å²) in [6.07, 6.45) is 4.19. The Morgan fingerprint density at radius 2 is 1.90 bits per heavy atom. The van der Waals surface area contributed by atoms with Crippen LogP contribution in [0, 0.1) is 17.7 Å². The van der Waals surface area contributed by atoms with Gasteiger partial charge < -0.3 is 11.1 Å². The molecule has 1 spiro atoms. The van der Waals surface area contributed by atoms with Crippen molar-refractivity contribution >= 4 is 29.3 Å². The number of likely N-dealkylation sites (tertiary alicyclic amines) is 1. The summed E-state index contributed by atoms with van der Waals surface area (Å²) in [7, 11) is 0. The van der Waals surface area contributed by atoms with Crippen molar-refractivity contribution in [2.24, 2.45) is 17.6 Å². The molecule has 3 aliphatic heterocycles. The highest BCUT2D eigenvalue weighted by atomic mass is 19.1. The Kier molecular flexibility index (Phi) is 4.22. The van der Waals surface area contributed by atoms with Crippen LogP contribution in [0.15, 0.2) is 18.2 Å². The van der Waals surface area contributed by atoms with Crippen molar-refractivity contribution in [3.63, 3.8) is 0 Å². The van der Waals surface area contributed by atoms with Crippen LogP contribution in [-0.2, 0) is 24.7 Å². The molecule has 2 saturated heterocycles. The highest BCUT2D eigenvalue weighted by Crippen LogP contribution is 2.54. The molecular formula is C21H23FN4O4. The number of hydrogen-bond donors (Lipinski definition) is 3. The summed E-state index contributed by atoms with van der Waals surface area (Å²) in [5.74, 6) is -4.45. The molecule has 9 heteroatoms. The van der Waals surface area contributed by atoms with E-state index in [0.29, 0.717) is 11.3 Å². The number of nitrogens with zero attached hydrogens (tertiary/aromatic N) is 1. The van der Waals surface area contributed by atoms with E-state index in [1.807, 2.05) is 0 Å². The van der Waals surface area contributed by atoms with Crippen molar-refractivity contribution in [2.45, 2.75) is 56.1 Å². The third-order valence-corrected chi connectivity index (χ3v) is 7.07. The van der Waals surface area contributed by atoms with Crippen molar-refractivity contribution < 1.29 is 23.6 Å². The minimum Gasteiger partial charge on any atom is -0.370 e. The zero-order chi connectivity index (χ0) is 21.2. The van der Waals surface area contributed by atoms with Gasteiger partial charge in [0, 0.05) is 29.8 Å². The van der Waals surface area contributed by atoms with Crippen molar-refractivity contribution in [1.82, 2.24) is 10.2 Å². The summed E-state index contributed by atoms with van der Waals surface area (Å²) in [5.41, 5.74) is 4.49. The van der Waals surface area contributed by atoms with E-state index >= 15 is 0 Å². The lowest BCUT2D eigenvalue weighted by Crippen LogP contribution is -2.54. The Morgan fingerprint density at radius 3 is 2.60 bits per heavy atom. The van der Waals surface area contributed by atoms with Gasteiger partial charge in [-0.3, -0.25) is 29.4 Å². The molecule has 0 aromatic heterocycles. The quantitative estimate of drug-likeness (QED) is 0.631. The van der Waals surface area contributed by atoms with Crippen LogP contribution in [0.5, 0.6) is 0 Å². The number of fused-ring (bicyclic) bond motifs is 4. The Hall–Kier alpha value is -2.81. The van der Waals surface area contributed by atoms with Gasteiger partial charge in [0.15, 0.2) is 0 Å². The first kappa shape index (κ1) is 19.2. The number of halogens is 1. The molecule has 4 amide bonds. The molecule has 0 radical (unpaired) electrons. The Morgan fingerprint density at radius 1 is 1.17 bits per heavy atom. The fourth-order valence-electron chi connectivity index (χ4n) is 5.89. The highest BCUT2D eigenvalue weighted by molar-refractivity contribution is 6.15. The molecule has 3 heterocycles. The number of carbonyl (C=O) groups is 4. The standard InChI is InChI=1S/C21H23FN4O4/c22-10-6-7-13-12(8-10)21(20(30)24-13)17-16(14(25-21)9-15(23)27)18(28)26(19(17)29)11-4-2-1-3-5-11/h6-8,11,14,16-17,25H,1-5,9H2,(H2,23,27)(H,24,30)/t14-,16+,17-,21+/m0/s1. The first-order valence-corrected chi connectivity index (χ1v) is 10.4. The predicted octanol–water partition coefficient (Wildman–Crippen LogP) is 0.754. The number of primary amides is 1. The van der Waals surface area contributed by atoms with Crippen molar-refractivity contribution in [3.05, 3.63) is 29.6 Å². The van der Waals surface area contributed by atoms with Crippen LogP contribution in [0.1, 0.15) is 44.1 Å². The fraction of sp³-hybridized carbons (Fsp3) is 0.524. The molecule has 4 atom stereocenters. The molecule has 8 nitrogen and oxygen atoms in total. The normalized spacial score (nSPS) is 33.2. The SMILES string of the molecule is NC(=O)C[C@@H]1N[C@@]2(C(=O)Nc3ccc(F)cc32)[C@@H]2C(=O)N(C3CCCCC3)C(=O)[C@H]12. The van der Waals surface area contributed by atoms with Gasteiger partial charge in [0.1, 0.15) is 11.4 Å². The van der Waals surface area contributed by atoms with E-state index in [-0.39, 0.29) is 18.4 Å².